The van der Waals surface area contributed by atoms with Gasteiger partial charge < -0.3 is 5.32 Å². The van der Waals surface area contributed by atoms with Gasteiger partial charge in [-0.1, -0.05) is 11.6 Å². The van der Waals surface area contributed by atoms with Crippen molar-refractivity contribution in [2.24, 2.45) is 7.05 Å². The average molecular weight is 242 g/mol. The van der Waals surface area contributed by atoms with Crippen molar-refractivity contribution in [3.63, 3.8) is 0 Å². The molecular formula is C10H12ClN3S. The minimum atomic E-state index is 0.704. The quantitative estimate of drug-likeness (QED) is 0.895. The molecule has 2 rings (SSSR count). The zero-order valence-electron chi connectivity index (χ0n) is 8.62. The first kappa shape index (κ1) is 10.5. The van der Waals surface area contributed by atoms with Crippen molar-refractivity contribution < 1.29 is 0 Å². The van der Waals surface area contributed by atoms with Crippen molar-refractivity contribution in [1.82, 2.24) is 9.78 Å². The van der Waals surface area contributed by atoms with E-state index in [1.165, 1.54) is 0 Å². The van der Waals surface area contributed by atoms with Crippen molar-refractivity contribution in [2.45, 2.75) is 13.5 Å². The van der Waals surface area contributed by atoms with Crippen LogP contribution >= 0.6 is 22.9 Å². The number of nitrogens with zero attached hydrogens (tertiary/aromatic N) is 2. The molecule has 0 saturated heterocycles. The highest BCUT2D eigenvalue weighted by Gasteiger charge is 2.10. The van der Waals surface area contributed by atoms with Gasteiger partial charge in [-0.2, -0.15) is 16.4 Å². The molecule has 2 heterocycles. The monoisotopic (exact) mass is 241 g/mol. The zero-order chi connectivity index (χ0) is 10.8. The summed E-state index contributed by atoms with van der Waals surface area (Å²) in [5.74, 6) is 0. The largest absolute Gasteiger partial charge is 0.380 e. The Morgan fingerprint density at radius 1 is 1.60 bits per heavy atom. The highest BCUT2D eigenvalue weighted by molar-refractivity contribution is 7.08. The SMILES string of the molecule is Cc1nn(C)c(Cl)c1CNc1ccsc1. The lowest BCUT2D eigenvalue weighted by Crippen LogP contribution is -1.99. The summed E-state index contributed by atoms with van der Waals surface area (Å²) in [7, 11) is 1.85. The summed E-state index contributed by atoms with van der Waals surface area (Å²) in [6.45, 7) is 2.69. The number of anilines is 1. The van der Waals surface area contributed by atoms with Gasteiger partial charge in [-0.3, -0.25) is 4.68 Å². The first-order chi connectivity index (χ1) is 7.18. The molecule has 2 aromatic rings. The maximum atomic E-state index is 6.12. The lowest BCUT2D eigenvalue weighted by Gasteiger charge is -2.03. The predicted octanol–water partition coefficient (Wildman–Crippen LogP) is 3.06. The van der Waals surface area contributed by atoms with Crippen LogP contribution in [0.4, 0.5) is 5.69 Å². The fraction of sp³-hybridized carbons (Fsp3) is 0.300. The molecule has 2 aromatic heterocycles. The van der Waals surface area contributed by atoms with Gasteiger partial charge in [0.15, 0.2) is 0 Å². The summed E-state index contributed by atoms with van der Waals surface area (Å²) in [4.78, 5) is 0. The molecule has 1 N–H and O–H groups in total. The van der Waals surface area contributed by atoms with Crippen LogP contribution in [0.25, 0.3) is 0 Å². The van der Waals surface area contributed by atoms with Gasteiger partial charge in [0.2, 0.25) is 0 Å². The van der Waals surface area contributed by atoms with Gasteiger partial charge in [-0.15, -0.1) is 0 Å². The molecule has 0 amide bonds. The van der Waals surface area contributed by atoms with Gasteiger partial charge in [0.1, 0.15) is 5.15 Å². The molecule has 5 heteroatoms. The van der Waals surface area contributed by atoms with Gasteiger partial charge in [0, 0.05) is 30.2 Å². The summed E-state index contributed by atoms with van der Waals surface area (Å²) in [5, 5.41) is 12.4. The van der Waals surface area contributed by atoms with Gasteiger partial charge >= 0.3 is 0 Å². The molecule has 0 bridgehead atoms. The highest BCUT2D eigenvalue weighted by atomic mass is 35.5. The third-order valence-electron chi connectivity index (χ3n) is 2.26. The van der Waals surface area contributed by atoms with Crippen LogP contribution in [0.15, 0.2) is 16.8 Å². The summed E-state index contributed by atoms with van der Waals surface area (Å²) in [5.41, 5.74) is 3.16. The second kappa shape index (κ2) is 4.24. The molecule has 0 aliphatic heterocycles. The van der Waals surface area contributed by atoms with Crippen molar-refractivity contribution in [1.29, 1.82) is 0 Å². The molecule has 0 radical (unpaired) electrons. The van der Waals surface area contributed by atoms with Crippen LogP contribution in [-0.2, 0) is 13.6 Å². The van der Waals surface area contributed by atoms with Gasteiger partial charge in [0.05, 0.1) is 5.69 Å². The molecule has 80 valence electrons. The first-order valence-electron chi connectivity index (χ1n) is 4.62. The molecule has 0 aliphatic carbocycles. The van der Waals surface area contributed by atoms with E-state index >= 15 is 0 Å². The number of halogens is 1. The van der Waals surface area contributed by atoms with Crippen molar-refractivity contribution >= 4 is 28.6 Å². The molecule has 0 unspecified atom stereocenters. The summed E-state index contributed by atoms with van der Waals surface area (Å²) >= 11 is 7.79. The summed E-state index contributed by atoms with van der Waals surface area (Å²) in [6.07, 6.45) is 0. The number of nitrogens with one attached hydrogen (secondary N) is 1. The van der Waals surface area contributed by atoms with Crippen LogP contribution in [0.1, 0.15) is 11.3 Å². The Morgan fingerprint density at radius 2 is 2.40 bits per heavy atom. The molecule has 3 nitrogen and oxygen atoms in total. The molecule has 0 atom stereocenters. The number of hydrogen-bond donors (Lipinski definition) is 1. The van der Waals surface area contributed by atoms with E-state index < -0.39 is 0 Å². The van der Waals surface area contributed by atoms with Gasteiger partial charge in [0.25, 0.3) is 0 Å². The van der Waals surface area contributed by atoms with E-state index in [1.807, 2.05) is 25.4 Å². The Bertz CT molecular complexity index is 447. The van der Waals surface area contributed by atoms with Crippen LogP contribution in [0.5, 0.6) is 0 Å². The van der Waals surface area contributed by atoms with E-state index in [1.54, 1.807) is 16.0 Å². The lowest BCUT2D eigenvalue weighted by atomic mass is 10.2. The van der Waals surface area contributed by atoms with Crippen LogP contribution in [0, 0.1) is 6.92 Å². The molecule has 0 aromatic carbocycles. The predicted molar refractivity (Wildman–Crippen MR) is 64.6 cm³/mol. The summed E-state index contributed by atoms with van der Waals surface area (Å²) < 4.78 is 1.70. The Morgan fingerprint density at radius 3 is 2.93 bits per heavy atom. The maximum Gasteiger partial charge on any atom is 0.131 e. The Balaban J connectivity index is 2.11. The Labute approximate surface area is 97.7 Å². The lowest BCUT2D eigenvalue weighted by molar-refractivity contribution is 0.757. The van der Waals surface area contributed by atoms with Crippen molar-refractivity contribution in [2.75, 3.05) is 5.32 Å². The number of thiophene rings is 1. The third kappa shape index (κ3) is 2.16. The molecular weight excluding hydrogens is 230 g/mol. The van der Waals surface area contributed by atoms with E-state index in [0.29, 0.717) is 5.15 Å². The Kier molecular flexibility index (Phi) is 2.98. The van der Waals surface area contributed by atoms with E-state index in [9.17, 15) is 0 Å². The molecule has 0 saturated carbocycles. The van der Waals surface area contributed by atoms with Crippen molar-refractivity contribution in [3.8, 4) is 0 Å². The normalized spacial score (nSPS) is 10.6. The van der Waals surface area contributed by atoms with Crippen LogP contribution in [0.3, 0.4) is 0 Å². The second-order valence-electron chi connectivity index (χ2n) is 3.34. The summed E-state index contributed by atoms with van der Waals surface area (Å²) in [6, 6.07) is 2.05. The number of hydrogen-bond acceptors (Lipinski definition) is 3. The molecule has 0 aliphatic rings. The van der Waals surface area contributed by atoms with E-state index in [2.05, 4.69) is 15.8 Å². The van der Waals surface area contributed by atoms with Crippen LogP contribution in [-0.4, -0.2) is 9.78 Å². The van der Waals surface area contributed by atoms with Crippen LogP contribution < -0.4 is 5.32 Å². The molecule has 0 spiro atoms. The van der Waals surface area contributed by atoms with Gasteiger partial charge in [-0.05, 0) is 18.4 Å². The smallest absolute Gasteiger partial charge is 0.131 e. The average Bonchev–Trinajstić information content (AvgIpc) is 2.76. The Hall–Kier alpha value is -1.000. The maximum absolute atomic E-state index is 6.12. The molecule has 15 heavy (non-hydrogen) atoms. The van der Waals surface area contributed by atoms with Crippen molar-refractivity contribution in [3.05, 3.63) is 33.2 Å². The second-order valence-corrected chi connectivity index (χ2v) is 4.48. The standard InChI is InChI=1S/C10H12ClN3S/c1-7-9(10(11)14(2)13-7)5-12-8-3-4-15-6-8/h3-4,6,12H,5H2,1-2H3. The minimum Gasteiger partial charge on any atom is -0.380 e. The third-order valence-corrected chi connectivity index (χ3v) is 3.42. The highest BCUT2D eigenvalue weighted by Crippen LogP contribution is 2.20. The molecule has 0 fully saturated rings. The number of aromatic nitrogens is 2. The topological polar surface area (TPSA) is 29.9 Å². The number of aryl methyl sites for hydroxylation is 2. The van der Waals surface area contributed by atoms with Gasteiger partial charge in [-0.25, -0.2) is 0 Å². The fourth-order valence-electron chi connectivity index (χ4n) is 1.43. The number of rotatable bonds is 3. The van der Waals surface area contributed by atoms with Crippen LogP contribution in [0.2, 0.25) is 5.15 Å². The van der Waals surface area contributed by atoms with E-state index in [4.69, 9.17) is 11.6 Å². The first-order valence-corrected chi connectivity index (χ1v) is 5.94. The van der Waals surface area contributed by atoms with E-state index in [-0.39, 0.29) is 0 Å². The zero-order valence-corrected chi connectivity index (χ0v) is 10.2. The minimum absolute atomic E-state index is 0.704. The fourth-order valence-corrected chi connectivity index (χ4v) is 2.28. The van der Waals surface area contributed by atoms with E-state index in [0.717, 1.165) is 23.5 Å².